The molecule has 0 N–H and O–H groups in total. The second-order valence-electron chi connectivity index (χ2n) is 6.95. The highest BCUT2D eigenvalue weighted by Gasteiger charge is 2.30. The summed E-state index contributed by atoms with van der Waals surface area (Å²) in [6.07, 6.45) is 0. The molecule has 0 saturated carbocycles. The van der Waals surface area contributed by atoms with E-state index in [9.17, 15) is 13.2 Å². The summed E-state index contributed by atoms with van der Waals surface area (Å²) >= 11 is 0. The van der Waals surface area contributed by atoms with Gasteiger partial charge < -0.3 is 9.80 Å². The molecule has 0 bridgehead atoms. The van der Waals surface area contributed by atoms with Gasteiger partial charge in [-0.05, 0) is 37.3 Å². The summed E-state index contributed by atoms with van der Waals surface area (Å²) in [5.74, 6) is -0.0638. The van der Waals surface area contributed by atoms with Crippen LogP contribution in [0.3, 0.4) is 0 Å². The Kier molecular flexibility index (Phi) is 5.53. The number of piperazine rings is 1. The number of nitrogens with zero attached hydrogens (tertiary/aromatic N) is 3. The van der Waals surface area contributed by atoms with Crippen molar-refractivity contribution >= 4 is 21.6 Å². The van der Waals surface area contributed by atoms with Crippen molar-refractivity contribution in [3.63, 3.8) is 0 Å². The molecule has 2 aromatic rings. The van der Waals surface area contributed by atoms with Gasteiger partial charge in [-0.3, -0.25) is 4.79 Å². The van der Waals surface area contributed by atoms with Gasteiger partial charge in [-0.25, -0.2) is 8.42 Å². The fraction of sp³-hybridized carbons (Fsp3) is 0.350. The number of hydrogen-bond acceptors (Lipinski definition) is 4. The van der Waals surface area contributed by atoms with Crippen LogP contribution in [-0.4, -0.2) is 63.8 Å². The van der Waals surface area contributed by atoms with Crippen molar-refractivity contribution in [2.75, 3.05) is 45.2 Å². The van der Waals surface area contributed by atoms with Crippen LogP contribution in [0.1, 0.15) is 15.9 Å². The topological polar surface area (TPSA) is 60.9 Å². The summed E-state index contributed by atoms with van der Waals surface area (Å²) in [6, 6.07) is 14.3. The number of amides is 1. The molecule has 6 nitrogen and oxygen atoms in total. The van der Waals surface area contributed by atoms with Gasteiger partial charge in [-0.15, -0.1) is 0 Å². The van der Waals surface area contributed by atoms with Crippen molar-refractivity contribution in [3.05, 3.63) is 59.7 Å². The third-order valence-corrected chi connectivity index (χ3v) is 6.71. The lowest BCUT2D eigenvalue weighted by Crippen LogP contribution is -2.50. The van der Waals surface area contributed by atoms with Crippen LogP contribution in [0.5, 0.6) is 0 Å². The Balaban J connectivity index is 1.69. The SMILES string of the molecule is Cc1ccc(S(=O)(=O)N2CCN(C(=O)c3cccc(N(C)C)c3)CC2)cc1. The zero-order valence-electron chi connectivity index (χ0n) is 15.9. The predicted octanol–water partition coefficient (Wildman–Crippen LogP) is 2.21. The molecule has 1 saturated heterocycles. The van der Waals surface area contributed by atoms with Crippen molar-refractivity contribution in [1.82, 2.24) is 9.21 Å². The maximum absolute atomic E-state index is 12.8. The Morgan fingerprint density at radius 1 is 0.963 bits per heavy atom. The Bertz CT molecular complexity index is 916. The van der Waals surface area contributed by atoms with E-state index in [4.69, 9.17) is 0 Å². The average Bonchev–Trinajstić information content (AvgIpc) is 2.68. The van der Waals surface area contributed by atoms with Gasteiger partial charge in [0.15, 0.2) is 0 Å². The smallest absolute Gasteiger partial charge is 0.254 e. The summed E-state index contributed by atoms with van der Waals surface area (Å²) in [6.45, 7) is 3.29. The molecule has 1 heterocycles. The third kappa shape index (κ3) is 4.14. The van der Waals surface area contributed by atoms with E-state index in [0.717, 1.165) is 11.3 Å². The second kappa shape index (κ2) is 7.70. The van der Waals surface area contributed by atoms with Gasteiger partial charge in [-0.1, -0.05) is 23.8 Å². The fourth-order valence-electron chi connectivity index (χ4n) is 3.09. The Morgan fingerprint density at radius 3 is 2.19 bits per heavy atom. The Morgan fingerprint density at radius 2 is 1.59 bits per heavy atom. The van der Waals surface area contributed by atoms with Gasteiger partial charge in [0, 0.05) is 51.5 Å². The van der Waals surface area contributed by atoms with Crippen LogP contribution in [-0.2, 0) is 10.0 Å². The van der Waals surface area contributed by atoms with Crippen molar-refractivity contribution in [2.24, 2.45) is 0 Å². The second-order valence-corrected chi connectivity index (χ2v) is 8.89. The Hall–Kier alpha value is -2.38. The van der Waals surface area contributed by atoms with E-state index in [1.54, 1.807) is 35.2 Å². The molecule has 1 aliphatic heterocycles. The Labute approximate surface area is 161 Å². The number of sulfonamides is 1. The van der Waals surface area contributed by atoms with E-state index in [-0.39, 0.29) is 5.91 Å². The number of anilines is 1. The maximum atomic E-state index is 12.8. The highest BCUT2D eigenvalue weighted by atomic mass is 32.2. The van der Waals surface area contributed by atoms with Crippen molar-refractivity contribution < 1.29 is 13.2 Å². The number of hydrogen-bond donors (Lipinski definition) is 0. The van der Waals surface area contributed by atoms with Crippen LogP contribution in [0.2, 0.25) is 0 Å². The zero-order chi connectivity index (χ0) is 19.6. The van der Waals surface area contributed by atoms with Crippen LogP contribution < -0.4 is 4.90 Å². The minimum atomic E-state index is -3.52. The first-order valence-corrected chi connectivity index (χ1v) is 10.4. The normalized spacial score (nSPS) is 15.6. The lowest BCUT2D eigenvalue weighted by Gasteiger charge is -2.34. The standard InChI is InChI=1S/C20H25N3O3S/c1-16-7-9-19(10-8-16)27(25,26)23-13-11-22(12-14-23)20(24)17-5-4-6-18(15-17)21(2)3/h4-10,15H,11-14H2,1-3H3. The molecular weight excluding hydrogens is 362 g/mol. The van der Waals surface area contributed by atoms with Crippen LogP contribution in [0, 0.1) is 6.92 Å². The van der Waals surface area contributed by atoms with Crippen LogP contribution in [0.15, 0.2) is 53.4 Å². The number of carbonyl (C=O) groups is 1. The van der Waals surface area contributed by atoms with Crippen LogP contribution >= 0.6 is 0 Å². The minimum absolute atomic E-state index is 0.0638. The lowest BCUT2D eigenvalue weighted by molar-refractivity contribution is 0.0698. The first-order chi connectivity index (χ1) is 12.8. The zero-order valence-corrected chi connectivity index (χ0v) is 16.7. The lowest BCUT2D eigenvalue weighted by atomic mass is 10.1. The van der Waals surface area contributed by atoms with Crippen molar-refractivity contribution in [2.45, 2.75) is 11.8 Å². The summed E-state index contributed by atoms with van der Waals surface area (Å²) in [5.41, 5.74) is 2.60. The molecular formula is C20H25N3O3S. The molecule has 1 amide bonds. The van der Waals surface area contributed by atoms with Gasteiger partial charge in [0.25, 0.3) is 5.91 Å². The number of benzene rings is 2. The molecule has 2 aromatic carbocycles. The van der Waals surface area contributed by atoms with Gasteiger partial charge >= 0.3 is 0 Å². The van der Waals surface area contributed by atoms with Gasteiger partial charge in [-0.2, -0.15) is 4.31 Å². The van der Waals surface area contributed by atoms with Gasteiger partial charge in [0.05, 0.1) is 4.90 Å². The van der Waals surface area contributed by atoms with E-state index < -0.39 is 10.0 Å². The molecule has 3 rings (SSSR count). The third-order valence-electron chi connectivity index (χ3n) is 4.79. The summed E-state index contributed by atoms with van der Waals surface area (Å²) in [5, 5.41) is 0. The maximum Gasteiger partial charge on any atom is 0.254 e. The van der Waals surface area contributed by atoms with E-state index in [1.807, 2.05) is 44.1 Å². The molecule has 1 fully saturated rings. The van der Waals surface area contributed by atoms with E-state index >= 15 is 0 Å². The molecule has 144 valence electrons. The molecule has 0 aromatic heterocycles. The monoisotopic (exact) mass is 387 g/mol. The summed E-state index contributed by atoms with van der Waals surface area (Å²) < 4.78 is 27.0. The quantitative estimate of drug-likeness (QED) is 0.807. The minimum Gasteiger partial charge on any atom is -0.378 e. The molecule has 0 aliphatic carbocycles. The van der Waals surface area contributed by atoms with Crippen molar-refractivity contribution in [1.29, 1.82) is 0 Å². The molecule has 0 unspecified atom stereocenters. The van der Waals surface area contributed by atoms with E-state index in [1.165, 1.54) is 4.31 Å². The van der Waals surface area contributed by atoms with Gasteiger partial charge in [0.1, 0.15) is 0 Å². The number of carbonyl (C=O) groups excluding carboxylic acids is 1. The van der Waals surface area contributed by atoms with Crippen LogP contribution in [0.4, 0.5) is 5.69 Å². The predicted molar refractivity (Wildman–Crippen MR) is 107 cm³/mol. The molecule has 1 aliphatic rings. The fourth-order valence-corrected chi connectivity index (χ4v) is 4.51. The average molecular weight is 388 g/mol. The summed E-state index contributed by atoms with van der Waals surface area (Å²) in [7, 11) is 0.336. The number of rotatable bonds is 4. The largest absolute Gasteiger partial charge is 0.378 e. The van der Waals surface area contributed by atoms with E-state index in [0.29, 0.717) is 36.6 Å². The molecule has 7 heteroatoms. The highest BCUT2D eigenvalue weighted by molar-refractivity contribution is 7.89. The molecule has 0 spiro atoms. The van der Waals surface area contributed by atoms with Crippen LogP contribution in [0.25, 0.3) is 0 Å². The molecule has 0 radical (unpaired) electrons. The van der Waals surface area contributed by atoms with E-state index in [2.05, 4.69) is 0 Å². The highest BCUT2D eigenvalue weighted by Crippen LogP contribution is 2.20. The first kappa shape index (κ1) is 19.4. The van der Waals surface area contributed by atoms with Crippen molar-refractivity contribution in [3.8, 4) is 0 Å². The molecule has 27 heavy (non-hydrogen) atoms. The molecule has 0 atom stereocenters. The number of aryl methyl sites for hydroxylation is 1. The van der Waals surface area contributed by atoms with Gasteiger partial charge in [0.2, 0.25) is 10.0 Å². The first-order valence-electron chi connectivity index (χ1n) is 8.92. The summed E-state index contributed by atoms with van der Waals surface area (Å²) in [4.78, 5) is 16.7.